The molecule has 1 heterocycles. The van der Waals surface area contributed by atoms with E-state index in [-0.39, 0.29) is 6.04 Å². The van der Waals surface area contributed by atoms with Crippen molar-refractivity contribution in [3.8, 4) is 0 Å². The number of nitrogens with zero attached hydrogens (tertiary/aromatic N) is 2. The van der Waals surface area contributed by atoms with E-state index in [2.05, 4.69) is 31.9 Å². The highest BCUT2D eigenvalue weighted by atomic mass is 15.3. The van der Waals surface area contributed by atoms with Crippen LogP contribution in [0.4, 0.5) is 0 Å². The molecule has 0 aromatic carbocycles. The number of rotatable bonds is 4. The zero-order chi connectivity index (χ0) is 10.7. The minimum atomic E-state index is 0.206. The van der Waals surface area contributed by atoms with Crippen molar-refractivity contribution in [1.29, 1.82) is 0 Å². The molecular formula is C11H21N3. The SMILES string of the molecule is CCC(C)C(N)Cn1nc(C)cc1C. The Morgan fingerprint density at radius 3 is 2.57 bits per heavy atom. The number of hydrogen-bond donors (Lipinski definition) is 1. The average molecular weight is 195 g/mol. The van der Waals surface area contributed by atoms with Crippen LogP contribution in [0.3, 0.4) is 0 Å². The summed E-state index contributed by atoms with van der Waals surface area (Å²) in [4.78, 5) is 0. The van der Waals surface area contributed by atoms with Crippen molar-refractivity contribution >= 4 is 0 Å². The van der Waals surface area contributed by atoms with E-state index in [0.717, 1.165) is 18.7 Å². The van der Waals surface area contributed by atoms with Crippen molar-refractivity contribution in [1.82, 2.24) is 9.78 Å². The highest BCUT2D eigenvalue weighted by Crippen LogP contribution is 2.09. The second kappa shape index (κ2) is 4.60. The molecule has 1 aromatic heterocycles. The van der Waals surface area contributed by atoms with Gasteiger partial charge in [-0.05, 0) is 25.8 Å². The summed E-state index contributed by atoms with van der Waals surface area (Å²) in [5, 5.41) is 4.40. The van der Waals surface area contributed by atoms with Crippen LogP contribution in [-0.4, -0.2) is 15.8 Å². The summed E-state index contributed by atoms with van der Waals surface area (Å²) in [6.07, 6.45) is 1.13. The van der Waals surface area contributed by atoms with Crippen LogP contribution in [0.1, 0.15) is 31.7 Å². The molecule has 1 aromatic rings. The van der Waals surface area contributed by atoms with Gasteiger partial charge in [0.05, 0.1) is 12.2 Å². The molecule has 0 aliphatic heterocycles. The quantitative estimate of drug-likeness (QED) is 0.797. The van der Waals surface area contributed by atoms with Crippen molar-refractivity contribution < 1.29 is 0 Å². The van der Waals surface area contributed by atoms with Crippen LogP contribution in [0.2, 0.25) is 0 Å². The standard InChI is InChI=1S/C11H21N3/c1-5-8(2)11(12)7-14-10(4)6-9(3)13-14/h6,8,11H,5,7,12H2,1-4H3. The molecule has 2 N–H and O–H groups in total. The lowest BCUT2D eigenvalue weighted by Crippen LogP contribution is -2.33. The first-order valence-corrected chi connectivity index (χ1v) is 5.31. The average Bonchev–Trinajstić information content (AvgIpc) is 2.44. The molecule has 0 saturated heterocycles. The number of aromatic nitrogens is 2. The monoisotopic (exact) mass is 195 g/mol. The van der Waals surface area contributed by atoms with Gasteiger partial charge in [0.1, 0.15) is 0 Å². The zero-order valence-electron chi connectivity index (χ0n) is 9.62. The Balaban J connectivity index is 2.64. The van der Waals surface area contributed by atoms with Gasteiger partial charge in [0, 0.05) is 11.7 Å². The molecule has 0 spiro atoms. The van der Waals surface area contributed by atoms with Gasteiger partial charge in [0.15, 0.2) is 0 Å². The Morgan fingerprint density at radius 2 is 2.14 bits per heavy atom. The van der Waals surface area contributed by atoms with Gasteiger partial charge in [0.2, 0.25) is 0 Å². The lowest BCUT2D eigenvalue weighted by atomic mass is 10.0. The van der Waals surface area contributed by atoms with Crippen LogP contribution < -0.4 is 5.73 Å². The van der Waals surface area contributed by atoms with Gasteiger partial charge in [0.25, 0.3) is 0 Å². The van der Waals surface area contributed by atoms with Crippen LogP contribution in [0.15, 0.2) is 6.07 Å². The summed E-state index contributed by atoms with van der Waals surface area (Å²) in [5.74, 6) is 0.555. The first-order valence-electron chi connectivity index (χ1n) is 5.31. The second-order valence-electron chi connectivity index (χ2n) is 4.16. The summed E-state index contributed by atoms with van der Waals surface area (Å²) in [5.41, 5.74) is 8.34. The molecule has 0 saturated carbocycles. The Bertz CT molecular complexity index is 291. The second-order valence-corrected chi connectivity index (χ2v) is 4.16. The Labute approximate surface area is 86.3 Å². The number of aryl methyl sites for hydroxylation is 2. The molecule has 0 radical (unpaired) electrons. The predicted octanol–water partition coefficient (Wildman–Crippen LogP) is 1.87. The molecule has 3 nitrogen and oxygen atoms in total. The van der Waals surface area contributed by atoms with Crippen LogP contribution >= 0.6 is 0 Å². The van der Waals surface area contributed by atoms with Crippen molar-refractivity contribution in [3.05, 3.63) is 17.5 Å². The smallest absolute Gasteiger partial charge is 0.0596 e. The van der Waals surface area contributed by atoms with Crippen molar-refractivity contribution in [2.75, 3.05) is 0 Å². The maximum atomic E-state index is 6.08. The Hall–Kier alpha value is -0.830. The Morgan fingerprint density at radius 1 is 1.50 bits per heavy atom. The van der Waals surface area contributed by atoms with E-state index in [1.54, 1.807) is 0 Å². The molecule has 80 valence electrons. The fourth-order valence-corrected chi connectivity index (χ4v) is 1.54. The van der Waals surface area contributed by atoms with Crippen LogP contribution in [0, 0.1) is 19.8 Å². The van der Waals surface area contributed by atoms with Gasteiger partial charge in [-0.1, -0.05) is 20.3 Å². The van der Waals surface area contributed by atoms with E-state index < -0.39 is 0 Å². The molecule has 14 heavy (non-hydrogen) atoms. The van der Waals surface area contributed by atoms with Gasteiger partial charge in [-0.2, -0.15) is 5.10 Å². The first kappa shape index (κ1) is 11.2. The number of hydrogen-bond acceptors (Lipinski definition) is 2. The van der Waals surface area contributed by atoms with Crippen molar-refractivity contribution in [3.63, 3.8) is 0 Å². The van der Waals surface area contributed by atoms with Gasteiger partial charge < -0.3 is 5.73 Å². The van der Waals surface area contributed by atoms with E-state index in [1.807, 2.05) is 11.6 Å². The highest BCUT2D eigenvalue weighted by molar-refractivity contribution is 5.06. The summed E-state index contributed by atoms with van der Waals surface area (Å²) in [6.45, 7) is 9.28. The fourth-order valence-electron chi connectivity index (χ4n) is 1.54. The Kier molecular flexibility index (Phi) is 3.69. The molecular weight excluding hydrogens is 174 g/mol. The lowest BCUT2D eigenvalue weighted by Gasteiger charge is -2.18. The third-order valence-electron chi connectivity index (χ3n) is 2.86. The predicted molar refractivity (Wildman–Crippen MR) is 59.1 cm³/mol. The summed E-state index contributed by atoms with van der Waals surface area (Å²) < 4.78 is 2.01. The fraction of sp³-hybridized carbons (Fsp3) is 0.727. The maximum Gasteiger partial charge on any atom is 0.0596 e. The molecule has 3 heteroatoms. The normalized spacial score (nSPS) is 15.5. The molecule has 0 bridgehead atoms. The molecule has 2 unspecified atom stereocenters. The van der Waals surface area contributed by atoms with Gasteiger partial charge >= 0.3 is 0 Å². The number of nitrogens with two attached hydrogens (primary N) is 1. The molecule has 0 amide bonds. The molecule has 0 fully saturated rings. The lowest BCUT2D eigenvalue weighted by molar-refractivity contribution is 0.377. The maximum absolute atomic E-state index is 6.08. The minimum Gasteiger partial charge on any atom is -0.326 e. The summed E-state index contributed by atoms with van der Waals surface area (Å²) in [6, 6.07) is 2.29. The van der Waals surface area contributed by atoms with Gasteiger partial charge in [-0.15, -0.1) is 0 Å². The van der Waals surface area contributed by atoms with Crippen molar-refractivity contribution in [2.45, 2.75) is 46.7 Å². The third-order valence-corrected chi connectivity index (χ3v) is 2.86. The largest absolute Gasteiger partial charge is 0.326 e. The third kappa shape index (κ3) is 2.58. The van der Waals surface area contributed by atoms with Gasteiger partial charge in [-0.3, -0.25) is 4.68 Å². The summed E-state index contributed by atoms with van der Waals surface area (Å²) >= 11 is 0. The summed E-state index contributed by atoms with van der Waals surface area (Å²) in [7, 11) is 0. The van der Waals surface area contributed by atoms with E-state index in [4.69, 9.17) is 5.73 Å². The van der Waals surface area contributed by atoms with E-state index >= 15 is 0 Å². The van der Waals surface area contributed by atoms with E-state index in [1.165, 1.54) is 5.69 Å². The highest BCUT2D eigenvalue weighted by Gasteiger charge is 2.12. The van der Waals surface area contributed by atoms with Gasteiger partial charge in [-0.25, -0.2) is 0 Å². The molecule has 0 aliphatic rings. The van der Waals surface area contributed by atoms with Crippen LogP contribution in [0.5, 0.6) is 0 Å². The zero-order valence-corrected chi connectivity index (χ0v) is 9.62. The molecule has 1 rings (SSSR count). The van der Waals surface area contributed by atoms with E-state index in [0.29, 0.717) is 5.92 Å². The van der Waals surface area contributed by atoms with E-state index in [9.17, 15) is 0 Å². The van der Waals surface area contributed by atoms with Crippen LogP contribution in [-0.2, 0) is 6.54 Å². The van der Waals surface area contributed by atoms with Crippen molar-refractivity contribution in [2.24, 2.45) is 11.7 Å². The minimum absolute atomic E-state index is 0.206. The first-order chi connectivity index (χ1) is 6.54. The van der Waals surface area contributed by atoms with Crippen LogP contribution in [0.25, 0.3) is 0 Å². The molecule has 2 atom stereocenters. The topological polar surface area (TPSA) is 43.8 Å². The molecule has 0 aliphatic carbocycles.